The minimum absolute atomic E-state index is 0.0319. The number of nitrogens with one attached hydrogen (secondary N) is 1. The van der Waals surface area contributed by atoms with Crippen LogP contribution in [0.2, 0.25) is 0 Å². The second-order valence-corrected chi connectivity index (χ2v) is 6.03. The number of nitro benzene ring substituents is 1. The molecular weight excluding hydrogens is 320 g/mol. The van der Waals surface area contributed by atoms with Gasteiger partial charge in [0.2, 0.25) is 0 Å². The largest absolute Gasteiger partial charge is 0.366 e. The number of rotatable bonds is 4. The fourth-order valence-corrected chi connectivity index (χ4v) is 3.02. The van der Waals surface area contributed by atoms with E-state index < -0.39 is 10.8 Å². The van der Waals surface area contributed by atoms with Crippen LogP contribution in [0.3, 0.4) is 0 Å². The van der Waals surface area contributed by atoms with Gasteiger partial charge >= 0.3 is 0 Å². The van der Waals surface area contributed by atoms with Crippen LogP contribution in [-0.2, 0) is 0 Å². The molecule has 1 saturated heterocycles. The second kappa shape index (κ2) is 7.74. The fourth-order valence-electron chi connectivity index (χ4n) is 3.02. The SMILES string of the molecule is O=C(Nc1ccccn1)c1ccc(N2CCCCCC2)c([N+](=O)[O-])c1. The first-order valence-electron chi connectivity index (χ1n) is 8.41. The highest BCUT2D eigenvalue weighted by atomic mass is 16.6. The second-order valence-electron chi connectivity index (χ2n) is 6.03. The standard InChI is InChI=1S/C18H20N4O3/c23-18(20-17-7-3-4-10-19-17)14-8-9-15(16(13-14)22(24)25)21-11-5-1-2-6-12-21/h3-4,7-10,13H,1-2,5-6,11-12H2,(H,19,20,23). The summed E-state index contributed by atoms with van der Waals surface area (Å²) in [5.41, 5.74) is 0.799. The summed E-state index contributed by atoms with van der Waals surface area (Å²) in [6.07, 6.45) is 5.92. The van der Waals surface area contributed by atoms with Crippen LogP contribution < -0.4 is 10.2 Å². The molecule has 1 aliphatic rings. The molecule has 25 heavy (non-hydrogen) atoms. The van der Waals surface area contributed by atoms with Gasteiger partial charge in [-0.05, 0) is 37.1 Å². The number of nitrogens with zero attached hydrogens (tertiary/aromatic N) is 3. The number of amides is 1. The molecule has 1 fully saturated rings. The molecule has 0 radical (unpaired) electrons. The van der Waals surface area contributed by atoms with Crippen molar-refractivity contribution in [3.05, 3.63) is 58.3 Å². The summed E-state index contributed by atoms with van der Waals surface area (Å²) >= 11 is 0. The zero-order valence-electron chi connectivity index (χ0n) is 13.9. The molecule has 2 heterocycles. The highest BCUT2D eigenvalue weighted by molar-refractivity contribution is 6.04. The highest BCUT2D eigenvalue weighted by Crippen LogP contribution is 2.31. The van der Waals surface area contributed by atoms with Crippen molar-refractivity contribution in [1.29, 1.82) is 0 Å². The van der Waals surface area contributed by atoms with E-state index in [-0.39, 0.29) is 11.3 Å². The zero-order valence-corrected chi connectivity index (χ0v) is 13.9. The number of aromatic nitrogens is 1. The van der Waals surface area contributed by atoms with Crippen molar-refractivity contribution in [2.45, 2.75) is 25.7 Å². The Morgan fingerprint density at radius 1 is 1.12 bits per heavy atom. The molecule has 7 nitrogen and oxygen atoms in total. The third kappa shape index (κ3) is 4.12. The number of pyridine rings is 1. The van der Waals surface area contributed by atoms with E-state index in [9.17, 15) is 14.9 Å². The Labute approximate surface area is 145 Å². The summed E-state index contributed by atoms with van der Waals surface area (Å²) in [6.45, 7) is 1.61. The average Bonchev–Trinajstić information content (AvgIpc) is 2.91. The summed E-state index contributed by atoms with van der Waals surface area (Å²) in [7, 11) is 0. The molecule has 1 amide bonds. The molecular formula is C18H20N4O3. The third-order valence-electron chi connectivity index (χ3n) is 4.29. The summed E-state index contributed by atoms with van der Waals surface area (Å²) < 4.78 is 0. The van der Waals surface area contributed by atoms with Gasteiger partial charge in [0.05, 0.1) is 4.92 Å². The van der Waals surface area contributed by atoms with Gasteiger partial charge in [-0.25, -0.2) is 4.98 Å². The molecule has 0 bridgehead atoms. The van der Waals surface area contributed by atoms with Gasteiger partial charge < -0.3 is 10.2 Å². The van der Waals surface area contributed by atoms with Crippen molar-refractivity contribution in [2.75, 3.05) is 23.3 Å². The van der Waals surface area contributed by atoms with Crippen LogP contribution in [0, 0.1) is 10.1 Å². The number of carbonyl (C=O) groups is 1. The molecule has 1 aromatic heterocycles. The number of hydrogen-bond acceptors (Lipinski definition) is 5. The Morgan fingerprint density at radius 2 is 1.88 bits per heavy atom. The van der Waals surface area contributed by atoms with Gasteiger partial charge in [0.25, 0.3) is 11.6 Å². The van der Waals surface area contributed by atoms with E-state index in [0.717, 1.165) is 38.8 Å². The highest BCUT2D eigenvalue weighted by Gasteiger charge is 2.22. The lowest BCUT2D eigenvalue weighted by Crippen LogP contribution is -2.25. The van der Waals surface area contributed by atoms with Gasteiger partial charge in [0.15, 0.2) is 0 Å². The van der Waals surface area contributed by atoms with Gasteiger partial charge in [-0.3, -0.25) is 14.9 Å². The van der Waals surface area contributed by atoms with E-state index in [4.69, 9.17) is 0 Å². The first-order valence-corrected chi connectivity index (χ1v) is 8.41. The maximum absolute atomic E-state index is 12.3. The van der Waals surface area contributed by atoms with E-state index in [0.29, 0.717) is 11.5 Å². The van der Waals surface area contributed by atoms with Crippen molar-refractivity contribution >= 4 is 23.1 Å². The minimum atomic E-state index is -0.419. The number of anilines is 2. The topological polar surface area (TPSA) is 88.4 Å². The van der Waals surface area contributed by atoms with Crippen molar-refractivity contribution in [1.82, 2.24) is 4.98 Å². The predicted molar refractivity (Wildman–Crippen MR) is 96.0 cm³/mol. The lowest BCUT2D eigenvalue weighted by Gasteiger charge is -2.22. The van der Waals surface area contributed by atoms with Crippen LogP contribution in [0.4, 0.5) is 17.2 Å². The molecule has 0 atom stereocenters. The van der Waals surface area contributed by atoms with Crippen LogP contribution in [0.5, 0.6) is 0 Å². The maximum atomic E-state index is 12.3. The van der Waals surface area contributed by atoms with Crippen LogP contribution >= 0.6 is 0 Å². The van der Waals surface area contributed by atoms with Crippen molar-refractivity contribution in [2.24, 2.45) is 0 Å². The number of carbonyl (C=O) groups excluding carboxylic acids is 1. The van der Waals surface area contributed by atoms with Gasteiger partial charge in [-0.15, -0.1) is 0 Å². The average molecular weight is 340 g/mol. The first-order chi connectivity index (χ1) is 12.1. The van der Waals surface area contributed by atoms with E-state index in [2.05, 4.69) is 10.3 Å². The lowest BCUT2D eigenvalue weighted by molar-refractivity contribution is -0.384. The molecule has 1 aromatic carbocycles. The van der Waals surface area contributed by atoms with Crippen molar-refractivity contribution < 1.29 is 9.72 Å². The molecule has 0 aliphatic carbocycles. The summed E-state index contributed by atoms with van der Waals surface area (Å²) in [6, 6.07) is 9.82. The maximum Gasteiger partial charge on any atom is 0.293 e. The molecule has 7 heteroatoms. The predicted octanol–water partition coefficient (Wildman–Crippen LogP) is 3.62. The number of benzene rings is 1. The summed E-state index contributed by atoms with van der Waals surface area (Å²) in [4.78, 5) is 29.5. The Kier molecular flexibility index (Phi) is 5.23. The Balaban J connectivity index is 1.85. The van der Waals surface area contributed by atoms with Crippen LogP contribution in [0.1, 0.15) is 36.0 Å². The van der Waals surface area contributed by atoms with Gasteiger partial charge in [-0.2, -0.15) is 0 Å². The quantitative estimate of drug-likeness (QED) is 0.678. The molecule has 130 valence electrons. The van der Waals surface area contributed by atoms with Gasteiger partial charge in [0.1, 0.15) is 11.5 Å². The third-order valence-corrected chi connectivity index (χ3v) is 4.29. The smallest absolute Gasteiger partial charge is 0.293 e. The fraction of sp³-hybridized carbons (Fsp3) is 0.333. The Morgan fingerprint density at radius 3 is 2.52 bits per heavy atom. The van der Waals surface area contributed by atoms with Crippen molar-refractivity contribution in [3.63, 3.8) is 0 Å². The van der Waals surface area contributed by atoms with Crippen LogP contribution in [-0.4, -0.2) is 28.9 Å². The molecule has 0 unspecified atom stereocenters. The normalized spacial score (nSPS) is 14.6. The Hall–Kier alpha value is -2.96. The molecule has 1 N–H and O–H groups in total. The monoisotopic (exact) mass is 340 g/mol. The van der Waals surface area contributed by atoms with E-state index >= 15 is 0 Å². The molecule has 1 aliphatic heterocycles. The van der Waals surface area contributed by atoms with Gasteiger partial charge in [0, 0.05) is 30.9 Å². The Bertz CT molecular complexity index is 756. The van der Waals surface area contributed by atoms with Crippen LogP contribution in [0.25, 0.3) is 0 Å². The molecule has 0 saturated carbocycles. The van der Waals surface area contributed by atoms with E-state index in [1.807, 2.05) is 4.90 Å². The molecule has 3 rings (SSSR count). The minimum Gasteiger partial charge on any atom is -0.366 e. The lowest BCUT2D eigenvalue weighted by atomic mass is 10.1. The molecule has 0 spiro atoms. The van der Waals surface area contributed by atoms with Gasteiger partial charge in [-0.1, -0.05) is 18.9 Å². The van der Waals surface area contributed by atoms with Crippen LogP contribution in [0.15, 0.2) is 42.6 Å². The first kappa shape index (κ1) is 16.9. The summed E-state index contributed by atoms with van der Waals surface area (Å²) in [5, 5.41) is 14.2. The van der Waals surface area contributed by atoms with E-state index in [1.54, 1.807) is 36.5 Å². The number of nitro groups is 1. The summed E-state index contributed by atoms with van der Waals surface area (Å²) in [5.74, 6) is -0.00374. The molecule has 2 aromatic rings. The zero-order chi connectivity index (χ0) is 17.6. The number of hydrogen-bond donors (Lipinski definition) is 1. The van der Waals surface area contributed by atoms with E-state index in [1.165, 1.54) is 6.07 Å². The van der Waals surface area contributed by atoms with Crippen molar-refractivity contribution in [3.8, 4) is 0 Å².